The zero-order valence-corrected chi connectivity index (χ0v) is 15.2. The van der Waals surface area contributed by atoms with E-state index in [1.54, 1.807) is 0 Å². The first-order valence-corrected chi connectivity index (χ1v) is 9.14. The third-order valence-electron chi connectivity index (χ3n) is 5.71. The first-order valence-electron chi connectivity index (χ1n) is 9.14. The van der Waals surface area contributed by atoms with Crippen LogP contribution in [-0.4, -0.2) is 27.3 Å². The molecule has 3 aromatic rings. The van der Waals surface area contributed by atoms with Crippen LogP contribution in [0.3, 0.4) is 0 Å². The summed E-state index contributed by atoms with van der Waals surface area (Å²) in [5, 5.41) is 0.929. The van der Waals surface area contributed by atoms with Crippen molar-refractivity contribution in [3.8, 4) is 0 Å². The second kappa shape index (κ2) is 5.99. The highest BCUT2D eigenvalue weighted by Gasteiger charge is 2.47. The average Bonchev–Trinajstić information content (AvgIpc) is 3.05. The van der Waals surface area contributed by atoms with Gasteiger partial charge >= 0.3 is 12.4 Å². The zero-order chi connectivity index (χ0) is 21.4. The van der Waals surface area contributed by atoms with Crippen LogP contribution in [0.2, 0.25) is 0 Å². The Bertz CT molecular complexity index is 1190. The monoisotopic (exact) mass is 425 g/mol. The van der Waals surface area contributed by atoms with Crippen LogP contribution in [0.25, 0.3) is 10.9 Å². The number of nitrogens with one attached hydrogen (secondary N) is 1. The van der Waals surface area contributed by atoms with Crippen LogP contribution in [0.5, 0.6) is 0 Å². The fraction of sp³-hybridized carbons (Fsp3) is 0.300. The van der Waals surface area contributed by atoms with Crippen molar-refractivity contribution in [3.63, 3.8) is 0 Å². The smallest absolute Gasteiger partial charge is 0.356 e. The maximum Gasteiger partial charge on any atom is 0.433 e. The van der Waals surface area contributed by atoms with Gasteiger partial charge in [-0.25, -0.2) is 4.98 Å². The minimum Gasteiger partial charge on any atom is -0.356 e. The molecule has 0 fully saturated rings. The molecule has 0 saturated heterocycles. The third-order valence-corrected chi connectivity index (χ3v) is 5.71. The molecule has 0 spiro atoms. The molecule has 1 N–H and O–H groups in total. The van der Waals surface area contributed by atoms with Crippen molar-refractivity contribution in [1.82, 2.24) is 14.9 Å². The van der Waals surface area contributed by atoms with E-state index in [4.69, 9.17) is 0 Å². The molecule has 30 heavy (non-hydrogen) atoms. The van der Waals surface area contributed by atoms with E-state index in [9.17, 15) is 31.1 Å². The topological polar surface area (TPSA) is 49.0 Å². The largest absolute Gasteiger partial charge is 0.433 e. The molecule has 2 aromatic heterocycles. The molecular formula is C20H13F6N3O. The molecule has 1 amide bonds. The standard InChI is InChI=1S/C20H13F6N3O/c21-19(22,23)11-7-15(20(24,25)26)27-13-8-14-17-10(5-6-29(14)18(30)16(11)13)9-3-1-2-4-12(9)28-17/h1-4,7,14,28H,5-6,8H2. The van der Waals surface area contributed by atoms with Crippen molar-refractivity contribution in [3.05, 3.63) is 64.1 Å². The maximum atomic E-state index is 13.5. The van der Waals surface area contributed by atoms with Crippen molar-refractivity contribution in [2.75, 3.05) is 6.54 Å². The van der Waals surface area contributed by atoms with E-state index in [-0.39, 0.29) is 19.0 Å². The molecule has 4 nitrogen and oxygen atoms in total. The van der Waals surface area contributed by atoms with Crippen molar-refractivity contribution < 1.29 is 31.1 Å². The van der Waals surface area contributed by atoms with Crippen molar-refractivity contribution >= 4 is 16.8 Å². The number of H-pyrrole nitrogens is 1. The number of rotatable bonds is 0. The molecule has 1 atom stereocenters. The molecule has 2 aliphatic heterocycles. The summed E-state index contributed by atoms with van der Waals surface area (Å²) >= 11 is 0. The number of amides is 1. The van der Waals surface area contributed by atoms with Crippen molar-refractivity contribution in [2.24, 2.45) is 0 Å². The number of halogens is 6. The summed E-state index contributed by atoms with van der Waals surface area (Å²) in [5.41, 5.74) is -2.15. The van der Waals surface area contributed by atoms with E-state index in [0.29, 0.717) is 12.1 Å². The summed E-state index contributed by atoms with van der Waals surface area (Å²) in [6.45, 7) is 0.177. The summed E-state index contributed by atoms with van der Waals surface area (Å²) in [4.78, 5) is 20.9. The number of benzene rings is 1. The molecule has 10 heteroatoms. The van der Waals surface area contributed by atoms with Gasteiger partial charge < -0.3 is 9.88 Å². The van der Waals surface area contributed by atoms with Gasteiger partial charge in [-0.15, -0.1) is 0 Å². The third kappa shape index (κ3) is 2.69. The van der Waals surface area contributed by atoms with Gasteiger partial charge in [0.2, 0.25) is 0 Å². The van der Waals surface area contributed by atoms with E-state index < -0.39 is 46.8 Å². The molecule has 0 bridgehead atoms. The van der Waals surface area contributed by atoms with Gasteiger partial charge in [0.25, 0.3) is 5.91 Å². The summed E-state index contributed by atoms with van der Waals surface area (Å²) in [6, 6.07) is 6.61. The highest BCUT2D eigenvalue weighted by molar-refractivity contribution is 5.99. The predicted octanol–water partition coefficient (Wildman–Crippen LogP) is 4.90. The highest BCUT2D eigenvalue weighted by Crippen LogP contribution is 2.44. The summed E-state index contributed by atoms with van der Waals surface area (Å²) in [7, 11) is 0. The van der Waals surface area contributed by atoms with Gasteiger partial charge in [-0.05, 0) is 24.1 Å². The molecule has 5 rings (SSSR count). The molecule has 0 aliphatic carbocycles. The van der Waals surface area contributed by atoms with Gasteiger partial charge in [0.1, 0.15) is 5.69 Å². The Hall–Kier alpha value is -3.04. The van der Waals surface area contributed by atoms with E-state index >= 15 is 0 Å². The molecule has 1 aromatic carbocycles. The number of hydrogen-bond donors (Lipinski definition) is 1. The minimum absolute atomic E-state index is 0.0740. The lowest BCUT2D eigenvalue weighted by molar-refractivity contribution is -0.146. The number of para-hydroxylation sites is 1. The summed E-state index contributed by atoms with van der Waals surface area (Å²) < 4.78 is 80.3. The Kier molecular flexibility index (Phi) is 3.78. The van der Waals surface area contributed by atoms with Gasteiger partial charge in [0.15, 0.2) is 0 Å². The SMILES string of the molecule is O=C1c2c(C(F)(F)F)cc(C(F)(F)F)nc2CC2c3[nH]c4ccccc4c3CCN12. The lowest BCUT2D eigenvalue weighted by atomic mass is 9.87. The Morgan fingerprint density at radius 3 is 2.50 bits per heavy atom. The first kappa shape index (κ1) is 19.0. The minimum atomic E-state index is -5.11. The number of fused-ring (bicyclic) bond motifs is 6. The Balaban J connectivity index is 1.71. The Labute approximate surface area is 165 Å². The molecule has 1 unspecified atom stereocenters. The predicted molar refractivity (Wildman–Crippen MR) is 93.7 cm³/mol. The summed E-state index contributed by atoms with van der Waals surface area (Å²) in [6.07, 6.45) is -9.97. The fourth-order valence-electron chi connectivity index (χ4n) is 4.45. The van der Waals surface area contributed by atoms with Crippen LogP contribution in [0.15, 0.2) is 30.3 Å². The van der Waals surface area contributed by atoms with E-state index in [2.05, 4.69) is 9.97 Å². The lowest BCUT2D eigenvalue weighted by Gasteiger charge is -2.40. The van der Waals surface area contributed by atoms with Crippen LogP contribution in [0.1, 0.15) is 44.6 Å². The second-order valence-corrected chi connectivity index (χ2v) is 7.40. The number of pyridine rings is 1. The van der Waals surface area contributed by atoms with E-state index in [0.717, 1.165) is 16.5 Å². The number of hydrogen-bond acceptors (Lipinski definition) is 2. The van der Waals surface area contributed by atoms with E-state index in [1.807, 2.05) is 24.3 Å². The van der Waals surface area contributed by atoms with Gasteiger partial charge in [-0.2, -0.15) is 26.3 Å². The van der Waals surface area contributed by atoms with Crippen LogP contribution in [0, 0.1) is 0 Å². The zero-order valence-electron chi connectivity index (χ0n) is 15.2. The normalized spacial score (nSPS) is 18.9. The quantitative estimate of drug-likeness (QED) is 0.521. The maximum absolute atomic E-state index is 13.5. The lowest BCUT2D eigenvalue weighted by Crippen LogP contribution is -2.46. The molecule has 4 heterocycles. The average molecular weight is 425 g/mol. The van der Waals surface area contributed by atoms with E-state index in [1.165, 1.54) is 4.90 Å². The fourth-order valence-corrected chi connectivity index (χ4v) is 4.45. The van der Waals surface area contributed by atoms with Gasteiger partial charge in [-0.3, -0.25) is 4.79 Å². The second-order valence-electron chi connectivity index (χ2n) is 7.40. The Morgan fingerprint density at radius 2 is 1.80 bits per heavy atom. The molecule has 2 aliphatic rings. The Morgan fingerprint density at radius 1 is 1.07 bits per heavy atom. The molecular weight excluding hydrogens is 412 g/mol. The van der Waals surface area contributed by atoms with Crippen LogP contribution in [0.4, 0.5) is 26.3 Å². The highest BCUT2D eigenvalue weighted by atomic mass is 19.4. The van der Waals surface area contributed by atoms with Crippen LogP contribution >= 0.6 is 0 Å². The molecule has 0 saturated carbocycles. The van der Waals surface area contributed by atoms with Gasteiger partial charge in [-0.1, -0.05) is 18.2 Å². The van der Waals surface area contributed by atoms with Crippen LogP contribution in [-0.2, 0) is 25.2 Å². The van der Waals surface area contributed by atoms with Crippen LogP contribution < -0.4 is 0 Å². The first-order chi connectivity index (χ1) is 14.1. The number of aromatic nitrogens is 2. The molecule has 0 radical (unpaired) electrons. The number of carbonyl (C=O) groups is 1. The number of carbonyl (C=O) groups excluding carboxylic acids is 1. The number of alkyl halides is 6. The number of aromatic amines is 1. The summed E-state index contributed by atoms with van der Waals surface area (Å²) in [5.74, 6) is -0.945. The van der Waals surface area contributed by atoms with Gasteiger partial charge in [0, 0.05) is 29.6 Å². The van der Waals surface area contributed by atoms with Gasteiger partial charge in [0.05, 0.1) is 22.9 Å². The molecule has 156 valence electrons. The van der Waals surface area contributed by atoms with Crippen molar-refractivity contribution in [1.29, 1.82) is 0 Å². The number of nitrogens with zero attached hydrogens (tertiary/aromatic N) is 2. The van der Waals surface area contributed by atoms with Crippen molar-refractivity contribution in [2.45, 2.75) is 31.2 Å².